The molecular weight excluding hydrogens is 492 g/mol. The molecule has 0 spiro atoms. The lowest BCUT2D eigenvalue weighted by molar-refractivity contribution is 0.331. The quantitative estimate of drug-likeness (QED) is 0.326. The number of hydrogen-bond donors (Lipinski definition) is 2. The number of rotatable bonds is 7. The fourth-order valence-electron chi connectivity index (χ4n) is 3.58. The van der Waals surface area contributed by atoms with Gasteiger partial charge < -0.3 is 15.5 Å². The number of nitrogens with zero attached hydrogens (tertiary/aromatic N) is 3. The summed E-state index contributed by atoms with van der Waals surface area (Å²) in [7, 11) is 5.41. The number of halogens is 2. The molecule has 0 aromatic heterocycles. The number of nitrogens with one attached hydrogen (secondary N) is 2. The maximum atomic E-state index is 14.1. The molecule has 0 atom stereocenters. The molecule has 1 aliphatic rings. The van der Waals surface area contributed by atoms with Gasteiger partial charge in [0, 0.05) is 40.8 Å². The van der Waals surface area contributed by atoms with E-state index >= 15 is 0 Å². The van der Waals surface area contributed by atoms with Gasteiger partial charge in [0.2, 0.25) is 0 Å². The molecule has 1 heterocycles. The molecular formula is C23H33FIN5. The third-order valence-electron chi connectivity index (χ3n) is 5.27. The molecule has 0 radical (unpaired) electrons. The van der Waals surface area contributed by atoms with Crippen molar-refractivity contribution in [2.45, 2.75) is 32.5 Å². The van der Waals surface area contributed by atoms with Crippen molar-refractivity contribution < 1.29 is 4.39 Å². The van der Waals surface area contributed by atoms with Crippen molar-refractivity contribution in [3.63, 3.8) is 0 Å². The van der Waals surface area contributed by atoms with E-state index in [1.165, 1.54) is 37.1 Å². The molecule has 0 unspecified atom stereocenters. The Morgan fingerprint density at radius 1 is 0.967 bits per heavy atom. The first kappa shape index (κ1) is 24.4. The van der Waals surface area contributed by atoms with Crippen molar-refractivity contribution in [1.82, 2.24) is 15.5 Å². The summed E-state index contributed by atoms with van der Waals surface area (Å²) in [6.07, 6.45) is 2.64. The molecule has 7 heteroatoms. The number of guanidine groups is 1. The number of benzene rings is 2. The average molecular weight is 525 g/mol. The molecule has 1 aliphatic heterocycles. The second-order valence-electron chi connectivity index (χ2n) is 7.76. The SMILES string of the molecule is CN=C(NCc1ccc(CN2CCCC2)cc1)NCc1ccc(N(C)C)c(F)c1.I. The maximum Gasteiger partial charge on any atom is 0.191 e. The van der Waals surface area contributed by atoms with Crippen LogP contribution in [-0.4, -0.2) is 45.1 Å². The van der Waals surface area contributed by atoms with Crippen LogP contribution >= 0.6 is 24.0 Å². The molecule has 2 aromatic carbocycles. The van der Waals surface area contributed by atoms with E-state index in [0.717, 1.165) is 12.1 Å². The predicted molar refractivity (Wildman–Crippen MR) is 134 cm³/mol. The maximum absolute atomic E-state index is 14.1. The Bertz CT molecular complexity index is 817. The fourth-order valence-corrected chi connectivity index (χ4v) is 3.58. The molecule has 0 amide bonds. The van der Waals surface area contributed by atoms with E-state index in [4.69, 9.17) is 0 Å². The molecule has 1 saturated heterocycles. The van der Waals surface area contributed by atoms with E-state index < -0.39 is 0 Å². The molecule has 0 aliphatic carbocycles. The predicted octanol–water partition coefficient (Wildman–Crippen LogP) is 3.97. The first-order valence-corrected chi connectivity index (χ1v) is 10.3. The zero-order chi connectivity index (χ0) is 20.6. The highest BCUT2D eigenvalue weighted by molar-refractivity contribution is 14.0. The molecule has 2 aromatic rings. The lowest BCUT2D eigenvalue weighted by Crippen LogP contribution is -2.36. The summed E-state index contributed by atoms with van der Waals surface area (Å²) in [6.45, 7) is 4.68. The van der Waals surface area contributed by atoms with Crippen molar-refractivity contribution in [3.8, 4) is 0 Å². The van der Waals surface area contributed by atoms with Gasteiger partial charge in [-0.15, -0.1) is 24.0 Å². The van der Waals surface area contributed by atoms with Gasteiger partial charge in [-0.05, 0) is 54.8 Å². The topological polar surface area (TPSA) is 42.9 Å². The summed E-state index contributed by atoms with van der Waals surface area (Å²) in [5, 5.41) is 6.56. The summed E-state index contributed by atoms with van der Waals surface area (Å²) >= 11 is 0. The van der Waals surface area contributed by atoms with Gasteiger partial charge in [-0.1, -0.05) is 30.3 Å². The smallest absolute Gasteiger partial charge is 0.191 e. The highest BCUT2D eigenvalue weighted by Crippen LogP contribution is 2.18. The van der Waals surface area contributed by atoms with E-state index in [1.54, 1.807) is 24.1 Å². The number of likely N-dealkylation sites (tertiary alicyclic amines) is 1. The van der Waals surface area contributed by atoms with Gasteiger partial charge in [-0.3, -0.25) is 9.89 Å². The van der Waals surface area contributed by atoms with Crippen LogP contribution in [0.1, 0.15) is 29.5 Å². The first-order valence-electron chi connectivity index (χ1n) is 10.3. The zero-order valence-corrected chi connectivity index (χ0v) is 20.4. The van der Waals surface area contributed by atoms with Crippen LogP contribution in [0.2, 0.25) is 0 Å². The lowest BCUT2D eigenvalue weighted by atomic mass is 10.1. The van der Waals surface area contributed by atoms with Crippen LogP contribution in [0.4, 0.5) is 10.1 Å². The van der Waals surface area contributed by atoms with E-state index in [-0.39, 0.29) is 29.8 Å². The van der Waals surface area contributed by atoms with Crippen LogP contribution in [0.25, 0.3) is 0 Å². The first-order chi connectivity index (χ1) is 14.0. The van der Waals surface area contributed by atoms with Crippen molar-refractivity contribution in [2.75, 3.05) is 39.1 Å². The molecule has 0 bridgehead atoms. The number of aliphatic imine (C=N–C) groups is 1. The van der Waals surface area contributed by atoms with Crippen molar-refractivity contribution in [2.24, 2.45) is 4.99 Å². The Morgan fingerprint density at radius 3 is 2.10 bits per heavy atom. The van der Waals surface area contributed by atoms with Crippen molar-refractivity contribution >= 4 is 35.6 Å². The van der Waals surface area contributed by atoms with Crippen molar-refractivity contribution in [3.05, 3.63) is 65.0 Å². The van der Waals surface area contributed by atoms with Crippen LogP contribution < -0.4 is 15.5 Å². The van der Waals surface area contributed by atoms with Crippen LogP contribution in [0.5, 0.6) is 0 Å². The highest BCUT2D eigenvalue weighted by atomic mass is 127. The Hall–Kier alpha value is -1.87. The fraction of sp³-hybridized carbons (Fsp3) is 0.435. The minimum absolute atomic E-state index is 0. The molecule has 30 heavy (non-hydrogen) atoms. The van der Waals surface area contributed by atoms with Gasteiger partial charge in [-0.2, -0.15) is 0 Å². The minimum Gasteiger partial charge on any atom is -0.375 e. The Balaban J connectivity index is 0.00000320. The molecule has 164 valence electrons. The van der Waals surface area contributed by atoms with Gasteiger partial charge >= 0.3 is 0 Å². The second kappa shape index (κ2) is 12.1. The van der Waals surface area contributed by atoms with E-state index in [0.29, 0.717) is 24.7 Å². The van der Waals surface area contributed by atoms with Crippen LogP contribution in [-0.2, 0) is 19.6 Å². The number of anilines is 1. The van der Waals surface area contributed by atoms with Gasteiger partial charge in [0.25, 0.3) is 0 Å². The molecule has 2 N–H and O–H groups in total. The Morgan fingerprint density at radius 2 is 1.53 bits per heavy atom. The van der Waals surface area contributed by atoms with Crippen LogP contribution in [0.15, 0.2) is 47.5 Å². The third kappa shape index (κ3) is 7.12. The molecule has 0 saturated carbocycles. The molecule has 1 fully saturated rings. The van der Waals surface area contributed by atoms with Crippen LogP contribution in [0.3, 0.4) is 0 Å². The summed E-state index contributed by atoms with van der Waals surface area (Å²) in [5.74, 6) is 0.481. The van der Waals surface area contributed by atoms with E-state index in [2.05, 4.69) is 44.8 Å². The normalized spacial score (nSPS) is 14.3. The van der Waals surface area contributed by atoms with Crippen molar-refractivity contribution in [1.29, 1.82) is 0 Å². The van der Waals surface area contributed by atoms with E-state index in [9.17, 15) is 4.39 Å². The largest absolute Gasteiger partial charge is 0.375 e. The summed E-state index contributed by atoms with van der Waals surface area (Å²) in [6, 6.07) is 14.0. The average Bonchev–Trinajstić information content (AvgIpc) is 3.22. The lowest BCUT2D eigenvalue weighted by Gasteiger charge is -2.16. The zero-order valence-electron chi connectivity index (χ0n) is 18.1. The standard InChI is InChI=1S/C23H32FN5.HI/c1-25-23(27-16-20-10-11-22(28(2)3)21(24)14-20)26-15-18-6-8-19(9-7-18)17-29-12-4-5-13-29;/h6-11,14H,4-5,12-13,15-17H2,1-3H3,(H2,25,26,27);1H. The van der Waals surface area contributed by atoms with Crippen LogP contribution in [0, 0.1) is 5.82 Å². The van der Waals surface area contributed by atoms with Gasteiger partial charge in [0.15, 0.2) is 5.96 Å². The molecule has 5 nitrogen and oxygen atoms in total. The summed E-state index contributed by atoms with van der Waals surface area (Å²) in [4.78, 5) is 8.53. The third-order valence-corrected chi connectivity index (χ3v) is 5.27. The van der Waals surface area contributed by atoms with Gasteiger partial charge in [0.1, 0.15) is 5.82 Å². The summed E-state index contributed by atoms with van der Waals surface area (Å²) in [5.41, 5.74) is 4.03. The van der Waals surface area contributed by atoms with Gasteiger partial charge in [-0.25, -0.2) is 4.39 Å². The monoisotopic (exact) mass is 525 g/mol. The highest BCUT2D eigenvalue weighted by Gasteiger charge is 2.11. The van der Waals surface area contributed by atoms with E-state index in [1.807, 2.05) is 20.2 Å². The summed E-state index contributed by atoms with van der Waals surface area (Å²) < 4.78 is 14.1. The number of hydrogen-bond acceptors (Lipinski definition) is 3. The van der Waals surface area contributed by atoms with Gasteiger partial charge in [0.05, 0.1) is 5.69 Å². The minimum atomic E-state index is -0.216. The Kier molecular flexibility index (Phi) is 9.84. The molecule has 3 rings (SSSR count). The second-order valence-corrected chi connectivity index (χ2v) is 7.76. The Labute approximate surface area is 196 Å².